The van der Waals surface area contributed by atoms with Gasteiger partial charge in [0.25, 0.3) is 0 Å². The van der Waals surface area contributed by atoms with Crippen LogP contribution in [0.2, 0.25) is 0 Å². The van der Waals surface area contributed by atoms with Gasteiger partial charge in [0.2, 0.25) is 10.0 Å². The average Bonchev–Trinajstić information content (AvgIpc) is 3.01. The summed E-state index contributed by atoms with van der Waals surface area (Å²) in [5.41, 5.74) is 1.23. The zero-order chi connectivity index (χ0) is 19.4. The van der Waals surface area contributed by atoms with E-state index in [9.17, 15) is 8.42 Å². The molecule has 2 aromatic heterocycles. The fraction of sp³-hybridized carbons (Fsp3) is 0.150. The van der Waals surface area contributed by atoms with Crippen molar-refractivity contribution >= 4 is 34.8 Å². The smallest absolute Gasteiger partial charge is 0.249 e. The molecule has 3 aromatic rings. The summed E-state index contributed by atoms with van der Waals surface area (Å²) < 4.78 is 42.9. The van der Waals surface area contributed by atoms with Crippen LogP contribution >= 0.6 is 24.8 Å². The third-order valence-electron chi connectivity index (χ3n) is 4.22. The standard InChI is InChI=1S/C20H20FN3O2S.2ClH/c1-3-18(16-10-7-11-23-13-16)27(25,26)24-14-17(12-22-2)19(21)20(24)15-8-5-4-6-9-15;;/h3-11,13-14,18,22H,1,12H2,2H3;2*1H. The number of halogens is 3. The van der Waals surface area contributed by atoms with Gasteiger partial charge < -0.3 is 5.32 Å². The first kappa shape index (κ1) is 24.8. The monoisotopic (exact) mass is 457 g/mol. The average molecular weight is 458 g/mol. The molecule has 0 saturated heterocycles. The van der Waals surface area contributed by atoms with Gasteiger partial charge in [-0.3, -0.25) is 4.98 Å². The van der Waals surface area contributed by atoms with Gasteiger partial charge in [0.05, 0.1) is 5.69 Å². The minimum atomic E-state index is -4.01. The molecule has 5 nitrogen and oxygen atoms in total. The summed E-state index contributed by atoms with van der Waals surface area (Å²) >= 11 is 0. The molecule has 0 fully saturated rings. The first-order valence-corrected chi connectivity index (χ1v) is 9.87. The third kappa shape index (κ3) is 4.87. The van der Waals surface area contributed by atoms with Gasteiger partial charge in [-0.25, -0.2) is 16.8 Å². The van der Waals surface area contributed by atoms with Crippen molar-refractivity contribution in [3.8, 4) is 11.3 Å². The summed E-state index contributed by atoms with van der Waals surface area (Å²) in [6.07, 6.45) is 5.69. The molecule has 0 radical (unpaired) electrons. The maximum atomic E-state index is 15.1. The van der Waals surface area contributed by atoms with Crippen molar-refractivity contribution < 1.29 is 12.8 Å². The summed E-state index contributed by atoms with van der Waals surface area (Å²) in [5.74, 6) is -0.562. The van der Waals surface area contributed by atoms with Crippen LogP contribution in [0.4, 0.5) is 4.39 Å². The number of rotatable bonds is 7. The molecule has 9 heteroatoms. The lowest BCUT2D eigenvalue weighted by Gasteiger charge is -2.17. The van der Waals surface area contributed by atoms with Crippen molar-refractivity contribution in [2.75, 3.05) is 7.05 Å². The first-order valence-electron chi connectivity index (χ1n) is 8.37. The minimum absolute atomic E-state index is 0. The lowest BCUT2D eigenvalue weighted by Crippen LogP contribution is -2.20. The van der Waals surface area contributed by atoms with Crippen LogP contribution in [0.15, 0.2) is 73.7 Å². The highest BCUT2D eigenvalue weighted by atomic mass is 35.5. The van der Waals surface area contributed by atoms with Crippen LogP contribution in [-0.2, 0) is 16.6 Å². The van der Waals surface area contributed by atoms with E-state index in [1.165, 1.54) is 18.5 Å². The van der Waals surface area contributed by atoms with Gasteiger partial charge >= 0.3 is 0 Å². The molecule has 1 unspecified atom stereocenters. The van der Waals surface area contributed by atoms with Crippen LogP contribution in [-0.4, -0.2) is 24.4 Å². The second-order valence-corrected chi connectivity index (χ2v) is 7.93. The Labute approximate surface area is 182 Å². The molecule has 0 spiro atoms. The van der Waals surface area contributed by atoms with Gasteiger partial charge in [0.1, 0.15) is 5.25 Å². The maximum absolute atomic E-state index is 15.1. The Hall–Kier alpha value is -2.19. The van der Waals surface area contributed by atoms with Crippen molar-refractivity contribution in [3.63, 3.8) is 0 Å². The lowest BCUT2D eigenvalue weighted by atomic mass is 10.1. The third-order valence-corrected chi connectivity index (χ3v) is 6.16. The van der Waals surface area contributed by atoms with E-state index < -0.39 is 21.1 Å². The molecule has 0 aliphatic carbocycles. The highest BCUT2D eigenvalue weighted by molar-refractivity contribution is 7.90. The van der Waals surface area contributed by atoms with Gasteiger partial charge in [-0.1, -0.05) is 42.5 Å². The summed E-state index contributed by atoms with van der Waals surface area (Å²) in [4.78, 5) is 3.99. The number of hydrogen-bond acceptors (Lipinski definition) is 4. The Morgan fingerprint density at radius 1 is 1.21 bits per heavy atom. The molecule has 0 aliphatic heterocycles. The summed E-state index contributed by atoms with van der Waals surface area (Å²) in [6.45, 7) is 3.88. The first-order chi connectivity index (χ1) is 13.0. The zero-order valence-electron chi connectivity index (χ0n) is 15.7. The Morgan fingerprint density at radius 2 is 1.90 bits per heavy atom. The van der Waals surface area contributed by atoms with E-state index in [1.54, 1.807) is 55.7 Å². The van der Waals surface area contributed by atoms with E-state index >= 15 is 4.39 Å². The molecule has 1 N–H and O–H groups in total. The summed E-state index contributed by atoms with van der Waals surface area (Å²) in [6, 6.07) is 11.9. The van der Waals surface area contributed by atoms with Crippen LogP contribution in [0.3, 0.4) is 0 Å². The van der Waals surface area contributed by atoms with Crippen LogP contribution in [0.25, 0.3) is 11.3 Å². The SMILES string of the molecule is C=CC(c1cccnc1)S(=O)(=O)n1cc(CNC)c(F)c1-c1ccccc1.Cl.Cl. The van der Waals surface area contributed by atoms with Crippen molar-refractivity contribution in [3.05, 3.63) is 90.7 Å². The number of pyridine rings is 1. The van der Waals surface area contributed by atoms with Crippen LogP contribution in [0.1, 0.15) is 16.4 Å². The molecular weight excluding hydrogens is 436 g/mol. The molecule has 1 aromatic carbocycles. The van der Waals surface area contributed by atoms with Crippen molar-refractivity contribution in [2.24, 2.45) is 0 Å². The summed E-state index contributed by atoms with van der Waals surface area (Å²) in [5, 5.41) is 1.81. The van der Waals surface area contributed by atoms with Gasteiger partial charge in [-0.15, -0.1) is 31.4 Å². The highest BCUT2D eigenvalue weighted by Crippen LogP contribution is 2.33. The Bertz CT molecular complexity index is 1040. The number of nitrogens with zero attached hydrogens (tertiary/aromatic N) is 2. The van der Waals surface area contributed by atoms with E-state index in [0.717, 1.165) is 3.97 Å². The van der Waals surface area contributed by atoms with Crippen molar-refractivity contribution in [1.82, 2.24) is 14.3 Å². The molecule has 2 heterocycles. The fourth-order valence-corrected chi connectivity index (χ4v) is 4.66. The Kier molecular flexibility index (Phi) is 9.04. The predicted molar refractivity (Wildman–Crippen MR) is 119 cm³/mol. The van der Waals surface area contributed by atoms with E-state index in [-0.39, 0.29) is 42.6 Å². The highest BCUT2D eigenvalue weighted by Gasteiger charge is 2.31. The number of nitrogens with one attached hydrogen (secondary N) is 1. The van der Waals surface area contributed by atoms with Gasteiger partial charge in [-0.05, 0) is 18.7 Å². The zero-order valence-corrected chi connectivity index (χ0v) is 18.1. The number of aromatic nitrogens is 2. The predicted octanol–water partition coefficient (Wildman–Crippen LogP) is 4.36. The quantitative estimate of drug-likeness (QED) is 0.535. The van der Waals surface area contributed by atoms with Gasteiger partial charge in [0.15, 0.2) is 5.82 Å². The molecule has 156 valence electrons. The molecule has 0 aliphatic rings. The van der Waals surface area contributed by atoms with Crippen LogP contribution < -0.4 is 5.32 Å². The Balaban J connectivity index is 0.00000210. The normalized spacial score (nSPS) is 11.8. The van der Waals surface area contributed by atoms with E-state index in [1.807, 2.05) is 0 Å². The van der Waals surface area contributed by atoms with E-state index in [2.05, 4.69) is 16.9 Å². The molecule has 1 atom stereocenters. The van der Waals surface area contributed by atoms with Crippen molar-refractivity contribution in [2.45, 2.75) is 11.8 Å². The molecule has 3 rings (SSSR count). The van der Waals surface area contributed by atoms with Crippen LogP contribution in [0.5, 0.6) is 0 Å². The minimum Gasteiger partial charge on any atom is -0.316 e. The molecule has 0 bridgehead atoms. The molecule has 29 heavy (non-hydrogen) atoms. The largest absolute Gasteiger partial charge is 0.316 e. The number of hydrogen-bond donors (Lipinski definition) is 1. The fourth-order valence-electron chi connectivity index (χ4n) is 2.97. The van der Waals surface area contributed by atoms with Gasteiger partial charge in [-0.2, -0.15) is 0 Å². The second-order valence-electron chi connectivity index (χ2n) is 6.00. The van der Waals surface area contributed by atoms with E-state index in [4.69, 9.17) is 0 Å². The molecule has 0 amide bonds. The van der Waals surface area contributed by atoms with Crippen molar-refractivity contribution in [1.29, 1.82) is 0 Å². The van der Waals surface area contributed by atoms with Crippen LogP contribution in [0, 0.1) is 5.82 Å². The lowest BCUT2D eigenvalue weighted by molar-refractivity contribution is 0.579. The summed E-state index contributed by atoms with van der Waals surface area (Å²) in [7, 11) is -2.34. The molecular formula is C20H22Cl2FN3O2S. The van der Waals surface area contributed by atoms with E-state index in [0.29, 0.717) is 11.1 Å². The second kappa shape index (κ2) is 10.5. The Morgan fingerprint density at radius 3 is 2.45 bits per heavy atom. The topological polar surface area (TPSA) is 64.0 Å². The van der Waals surface area contributed by atoms with Gasteiger partial charge in [0, 0.05) is 36.3 Å². The molecule has 0 saturated carbocycles. The number of benzene rings is 1. The maximum Gasteiger partial charge on any atom is 0.249 e.